The molecule has 0 bridgehead atoms. The maximum atomic E-state index is 13.2. The van der Waals surface area contributed by atoms with E-state index in [9.17, 15) is 13.2 Å². The molecule has 1 fully saturated rings. The number of nitrogens with zero attached hydrogens (tertiary/aromatic N) is 5. The summed E-state index contributed by atoms with van der Waals surface area (Å²) in [5.74, 6) is 0. The van der Waals surface area contributed by atoms with Gasteiger partial charge in [0.1, 0.15) is 0 Å². The summed E-state index contributed by atoms with van der Waals surface area (Å²) in [4.78, 5) is 15.0. The van der Waals surface area contributed by atoms with Crippen LogP contribution in [0.3, 0.4) is 0 Å². The largest absolute Gasteiger partial charge is 1.00 e. The first kappa shape index (κ1) is 24.5. The van der Waals surface area contributed by atoms with Gasteiger partial charge in [0.05, 0.1) is 11.9 Å². The number of fused-ring (bicyclic) bond motifs is 2. The molecule has 11 heteroatoms. The second-order valence-electron chi connectivity index (χ2n) is 8.87. The number of urea groups is 1. The number of amides is 2. The number of rotatable bonds is 7. The van der Waals surface area contributed by atoms with E-state index in [1.807, 2.05) is 0 Å². The van der Waals surface area contributed by atoms with Crippen LogP contribution in [-0.2, 0) is 42.9 Å². The van der Waals surface area contributed by atoms with Gasteiger partial charge in [0.25, 0.3) is 10.2 Å². The zero-order valence-electron chi connectivity index (χ0n) is 19.4. The van der Waals surface area contributed by atoms with E-state index in [1.54, 1.807) is 13.2 Å². The van der Waals surface area contributed by atoms with E-state index in [4.69, 9.17) is 0 Å². The second kappa shape index (κ2) is 9.95. The molecule has 2 aliphatic carbocycles. The molecule has 1 aromatic heterocycles. The summed E-state index contributed by atoms with van der Waals surface area (Å²) in [5.41, 5.74) is 6.05. The molecule has 0 radical (unpaired) electrons. The van der Waals surface area contributed by atoms with Gasteiger partial charge in [-0.15, -0.1) is 0 Å². The van der Waals surface area contributed by atoms with Crippen molar-refractivity contribution in [2.45, 2.75) is 44.9 Å². The van der Waals surface area contributed by atoms with Crippen molar-refractivity contribution in [3.63, 3.8) is 0 Å². The molecule has 0 atom stereocenters. The van der Waals surface area contributed by atoms with Crippen LogP contribution in [0.2, 0.25) is 0 Å². The van der Waals surface area contributed by atoms with E-state index in [-0.39, 0.29) is 36.1 Å². The number of anilines is 2. The van der Waals surface area contributed by atoms with Crippen LogP contribution in [0.15, 0.2) is 18.5 Å². The Morgan fingerprint density at radius 1 is 1.12 bits per heavy atom. The third-order valence-corrected chi connectivity index (χ3v) is 8.08. The molecule has 3 aliphatic rings. The van der Waals surface area contributed by atoms with Gasteiger partial charge in [0.15, 0.2) is 6.03 Å². The van der Waals surface area contributed by atoms with E-state index in [0.29, 0.717) is 12.2 Å². The molecule has 0 spiro atoms. The molecule has 2 amide bonds. The van der Waals surface area contributed by atoms with Gasteiger partial charge in [-0.05, 0) is 86.0 Å². The Kier molecular flexibility index (Phi) is 7.40. The smallest absolute Gasteiger partial charge is 0.423 e. The van der Waals surface area contributed by atoms with Crippen molar-refractivity contribution in [3.8, 4) is 0 Å². The third-order valence-electron chi connectivity index (χ3n) is 6.73. The fourth-order valence-corrected chi connectivity index (χ4v) is 6.03. The molecule has 5 rings (SSSR count). The molecule has 2 aromatic rings. The fourth-order valence-electron chi connectivity index (χ4n) is 5.00. The Morgan fingerprint density at radius 3 is 2.33 bits per heavy atom. The van der Waals surface area contributed by atoms with E-state index in [0.717, 1.165) is 74.8 Å². The number of likely N-dealkylation sites (tertiary alicyclic amines) is 1. The summed E-state index contributed by atoms with van der Waals surface area (Å²) >= 11 is 0. The predicted octanol–water partition coefficient (Wildman–Crippen LogP) is -0.236. The first-order valence-electron chi connectivity index (χ1n) is 11.3. The van der Waals surface area contributed by atoms with Crippen LogP contribution in [0.5, 0.6) is 0 Å². The number of nitrogens with one attached hydrogen (secondary N) is 1. The van der Waals surface area contributed by atoms with Crippen molar-refractivity contribution in [1.29, 1.82) is 0 Å². The number of aryl methyl sites for hydroxylation is 3. The second-order valence-corrected chi connectivity index (χ2v) is 10.4. The summed E-state index contributed by atoms with van der Waals surface area (Å²) in [7, 11) is -2.50. The number of hydrogen-bond donors (Lipinski definition) is 1. The van der Waals surface area contributed by atoms with Crippen molar-refractivity contribution < 1.29 is 42.8 Å². The van der Waals surface area contributed by atoms with Crippen LogP contribution in [0.4, 0.5) is 16.2 Å². The van der Waals surface area contributed by atoms with Crippen molar-refractivity contribution >= 4 is 27.6 Å². The van der Waals surface area contributed by atoms with Gasteiger partial charge in [0.2, 0.25) is 0 Å². The molecular weight excluding hydrogens is 451 g/mol. The van der Waals surface area contributed by atoms with Crippen molar-refractivity contribution in [3.05, 3.63) is 45.4 Å². The fraction of sp³-hybridized carbons (Fsp3) is 0.545. The normalized spacial score (nSPS) is 17.0. The summed E-state index contributed by atoms with van der Waals surface area (Å²) in [5, 5.41) is 6.95. The SMILES string of the molecule is Cn1cc(N(CCN2CCC2)S(=O)(=O)[N-]C(=O)Nc2c3c(cc4c2CCC4)CCC3)cn1.[Na+]. The van der Waals surface area contributed by atoms with Gasteiger partial charge in [-0.25, -0.2) is 8.42 Å². The van der Waals surface area contributed by atoms with Crippen LogP contribution < -0.4 is 39.2 Å². The molecule has 172 valence electrons. The third kappa shape index (κ3) is 5.09. The molecule has 1 aromatic carbocycles. The summed E-state index contributed by atoms with van der Waals surface area (Å²) in [6.07, 6.45) is 10.2. The average Bonchev–Trinajstić information content (AvgIpc) is 3.43. The van der Waals surface area contributed by atoms with Crippen LogP contribution >= 0.6 is 0 Å². The van der Waals surface area contributed by atoms with Crippen LogP contribution in [0.25, 0.3) is 4.72 Å². The molecule has 1 aliphatic heterocycles. The minimum absolute atomic E-state index is 0. The van der Waals surface area contributed by atoms with Crippen LogP contribution in [0, 0.1) is 0 Å². The minimum atomic E-state index is -4.22. The van der Waals surface area contributed by atoms with Crippen LogP contribution in [-0.4, -0.2) is 55.3 Å². The van der Waals surface area contributed by atoms with Gasteiger partial charge < -0.3 is 14.9 Å². The number of hydrogen-bond acceptors (Lipinski definition) is 5. The van der Waals surface area contributed by atoms with Gasteiger partial charge in [0, 0.05) is 26.3 Å². The summed E-state index contributed by atoms with van der Waals surface area (Å²) < 4.78 is 32.7. The Hall–Kier alpha value is -1.59. The molecule has 2 heterocycles. The molecule has 1 saturated heterocycles. The first-order valence-corrected chi connectivity index (χ1v) is 12.7. The Morgan fingerprint density at radius 2 is 1.79 bits per heavy atom. The van der Waals surface area contributed by atoms with E-state index >= 15 is 0 Å². The van der Waals surface area contributed by atoms with Gasteiger partial charge in [-0.2, -0.15) is 5.10 Å². The monoisotopic (exact) mass is 480 g/mol. The van der Waals surface area contributed by atoms with Gasteiger partial charge in [-0.3, -0.25) is 13.8 Å². The molecule has 9 nitrogen and oxygen atoms in total. The quantitative estimate of drug-likeness (QED) is 0.552. The van der Waals surface area contributed by atoms with E-state index in [1.165, 1.54) is 26.3 Å². The zero-order chi connectivity index (χ0) is 22.3. The molecule has 0 saturated carbocycles. The van der Waals surface area contributed by atoms with Crippen molar-refractivity contribution in [2.75, 3.05) is 35.8 Å². The Labute approximate surface area is 217 Å². The van der Waals surface area contributed by atoms with Crippen molar-refractivity contribution in [2.24, 2.45) is 7.05 Å². The number of carbonyl (C=O) groups excluding carboxylic acids is 1. The van der Waals surface area contributed by atoms with E-state index < -0.39 is 16.2 Å². The van der Waals surface area contributed by atoms with Gasteiger partial charge >= 0.3 is 29.6 Å². The van der Waals surface area contributed by atoms with E-state index in [2.05, 4.69) is 26.1 Å². The maximum Gasteiger partial charge on any atom is 1.00 e. The Balaban J connectivity index is 0.00000259. The number of benzene rings is 1. The van der Waals surface area contributed by atoms with Crippen molar-refractivity contribution in [1.82, 2.24) is 14.7 Å². The summed E-state index contributed by atoms with van der Waals surface area (Å²) in [6.45, 7) is 2.73. The zero-order valence-corrected chi connectivity index (χ0v) is 22.2. The first-order chi connectivity index (χ1) is 15.4. The summed E-state index contributed by atoms with van der Waals surface area (Å²) in [6, 6.07) is 1.44. The number of carbonyl (C=O) groups is 1. The standard InChI is InChI=1S/C22H30N6O3S.Na/c1-26-15-18(14-23-26)28(12-11-27-9-4-10-27)32(30,31)25-22(29)24-21-19-7-2-5-16(19)13-17-6-3-8-20(17)21;/h13-15H,2-12H2,1H3,(H2,24,25,29);/q;+1/p-1. The maximum absolute atomic E-state index is 13.2. The Bertz CT molecular complexity index is 1110. The number of aromatic nitrogens is 2. The van der Waals surface area contributed by atoms with Gasteiger partial charge in [-0.1, -0.05) is 6.07 Å². The minimum Gasteiger partial charge on any atom is -0.423 e. The molecule has 0 unspecified atom stereocenters. The average molecular weight is 481 g/mol. The molecular formula is C22H29N6NaO3S. The molecule has 33 heavy (non-hydrogen) atoms. The topological polar surface area (TPSA) is 102 Å². The predicted molar refractivity (Wildman–Crippen MR) is 123 cm³/mol. The van der Waals surface area contributed by atoms with Crippen LogP contribution in [0.1, 0.15) is 41.5 Å². The molecule has 1 N–H and O–H groups in total.